The van der Waals surface area contributed by atoms with Crippen molar-refractivity contribution in [3.63, 3.8) is 0 Å². The van der Waals surface area contributed by atoms with Crippen LogP contribution in [0.2, 0.25) is 0 Å². The Balaban J connectivity index is 2.08. The minimum atomic E-state index is 0.373. The maximum atomic E-state index is 10.5. The molecule has 0 saturated carbocycles. The average Bonchev–Trinajstić information content (AvgIpc) is 2.77. The number of hydrogen-bond acceptors (Lipinski definition) is 3. The Morgan fingerprint density at radius 1 is 1.18 bits per heavy atom. The van der Waals surface area contributed by atoms with E-state index in [-0.39, 0.29) is 0 Å². The van der Waals surface area contributed by atoms with Crippen molar-refractivity contribution < 1.29 is 9.21 Å². The first kappa shape index (κ1) is 11.5. The van der Waals surface area contributed by atoms with E-state index in [1.165, 1.54) is 5.56 Å². The third-order valence-corrected chi connectivity index (χ3v) is 2.67. The van der Waals surface area contributed by atoms with Crippen LogP contribution in [0.3, 0.4) is 0 Å². The van der Waals surface area contributed by atoms with Crippen LogP contribution in [0.15, 0.2) is 40.8 Å². The van der Waals surface area contributed by atoms with Crippen LogP contribution in [0.5, 0.6) is 0 Å². The van der Waals surface area contributed by atoms with E-state index in [4.69, 9.17) is 4.42 Å². The number of hydrogen-bond donors (Lipinski definition) is 0. The molecular weight excluding hydrogens is 214 g/mol. The van der Waals surface area contributed by atoms with Gasteiger partial charge in [-0.1, -0.05) is 17.7 Å². The molecule has 0 aliphatic carbocycles. The second-order valence-electron chi connectivity index (χ2n) is 4.11. The smallest absolute Gasteiger partial charge is 0.185 e. The largest absolute Gasteiger partial charge is 0.456 e. The predicted molar refractivity (Wildman–Crippen MR) is 67.4 cm³/mol. The predicted octanol–water partition coefficient (Wildman–Crippen LogP) is 3.04. The summed E-state index contributed by atoms with van der Waals surface area (Å²) in [6.07, 6.45) is 0.718. The summed E-state index contributed by atoms with van der Waals surface area (Å²) in [4.78, 5) is 12.6. The molecule has 0 atom stereocenters. The van der Waals surface area contributed by atoms with Crippen LogP contribution < -0.4 is 4.90 Å². The lowest BCUT2D eigenvalue weighted by Gasteiger charge is -2.17. The fraction of sp³-hybridized carbons (Fsp3) is 0.214. The van der Waals surface area contributed by atoms with E-state index < -0.39 is 0 Å². The molecule has 0 unspecified atom stereocenters. The van der Waals surface area contributed by atoms with Crippen LogP contribution in [0.1, 0.15) is 21.9 Å². The first-order valence-electron chi connectivity index (χ1n) is 5.51. The van der Waals surface area contributed by atoms with Gasteiger partial charge in [-0.2, -0.15) is 0 Å². The molecule has 17 heavy (non-hydrogen) atoms. The van der Waals surface area contributed by atoms with Crippen LogP contribution in [-0.2, 0) is 6.54 Å². The van der Waals surface area contributed by atoms with Crippen molar-refractivity contribution in [3.05, 3.63) is 53.5 Å². The standard InChI is InChI=1S/C14H15NO2/c1-11-3-5-12(6-4-11)15(2)9-13-7-8-14(10-16)17-13/h3-8,10H,9H2,1-2H3. The Labute approximate surface area is 101 Å². The highest BCUT2D eigenvalue weighted by atomic mass is 16.3. The minimum absolute atomic E-state index is 0.373. The first-order valence-corrected chi connectivity index (χ1v) is 5.51. The number of nitrogens with zero attached hydrogens (tertiary/aromatic N) is 1. The maximum Gasteiger partial charge on any atom is 0.185 e. The van der Waals surface area contributed by atoms with Crippen molar-refractivity contribution in [1.82, 2.24) is 0 Å². The molecule has 0 aliphatic rings. The fourth-order valence-corrected chi connectivity index (χ4v) is 1.67. The second kappa shape index (κ2) is 4.87. The number of carbonyl (C=O) groups excluding carboxylic acids is 1. The molecule has 2 aromatic rings. The number of carbonyl (C=O) groups is 1. The Kier molecular flexibility index (Phi) is 3.28. The summed E-state index contributed by atoms with van der Waals surface area (Å²) in [5.74, 6) is 1.16. The van der Waals surface area contributed by atoms with Crippen molar-refractivity contribution in [2.45, 2.75) is 13.5 Å². The summed E-state index contributed by atoms with van der Waals surface area (Å²) in [6.45, 7) is 2.71. The van der Waals surface area contributed by atoms with E-state index in [2.05, 4.69) is 36.1 Å². The molecule has 3 heteroatoms. The highest BCUT2D eigenvalue weighted by Crippen LogP contribution is 2.17. The Bertz CT molecular complexity index is 499. The highest BCUT2D eigenvalue weighted by Gasteiger charge is 2.05. The molecule has 3 nitrogen and oxygen atoms in total. The van der Waals surface area contributed by atoms with Crippen molar-refractivity contribution in [1.29, 1.82) is 0 Å². The van der Waals surface area contributed by atoms with Crippen LogP contribution in [-0.4, -0.2) is 13.3 Å². The van der Waals surface area contributed by atoms with Gasteiger partial charge in [0.2, 0.25) is 0 Å². The van der Waals surface area contributed by atoms with E-state index in [0.29, 0.717) is 12.3 Å². The van der Waals surface area contributed by atoms with Gasteiger partial charge in [-0.15, -0.1) is 0 Å². The van der Waals surface area contributed by atoms with Crippen LogP contribution >= 0.6 is 0 Å². The molecule has 0 aliphatic heterocycles. The molecule has 0 N–H and O–H groups in total. The summed E-state index contributed by atoms with van der Waals surface area (Å²) in [5, 5.41) is 0. The summed E-state index contributed by atoms with van der Waals surface area (Å²) in [6, 6.07) is 11.8. The topological polar surface area (TPSA) is 33.5 Å². The van der Waals surface area contributed by atoms with Crippen molar-refractivity contribution >= 4 is 12.0 Å². The van der Waals surface area contributed by atoms with Gasteiger partial charge in [0.25, 0.3) is 0 Å². The van der Waals surface area contributed by atoms with E-state index >= 15 is 0 Å². The number of anilines is 1. The lowest BCUT2D eigenvalue weighted by Crippen LogP contribution is -2.15. The van der Waals surface area contributed by atoms with Crippen molar-refractivity contribution in [2.24, 2.45) is 0 Å². The maximum absolute atomic E-state index is 10.5. The van der Waals surface area contributed by atoms with Gasteiger partial charge in [0.1, 0.15) is 5.76 Å². The van der Waals surface area contributed by atoms with Crippen molar-refractivity contribution in [2.75, 3.05) is 11.9 Å². The molecule has 88 valence electrons. The normalized spacial score (nSPS) is 10.2. The summed E-state index contributed by atoms with van der Waals surface area (Å²) in [5.41, 5.74) is 2.36. The fourth-order valence-electron chi connectivity index (χ4n) is 1.67. The monoisotopic (exact) mass is 229 g/mol. The molecule has 2 rings (SSSR count). The van der Waals surface area contributed by atoms with Crippen molar-refractivity contribution in [3.8, 4) is 0 Å². The zero-order valence-electron chi connectivity index (χ0n) is 10.0. The summed E-state index contributed by atoms with van der Waals surface area (Å²) >= 11 is 0. The van der Waals surface area contributed by atoms with Crippen LogP contribution in [0, 0.1) is 6.92 Å². The van der Waals surface area contributed by atoms with E-state index in [1.807, 2.05) is 13.1 Å². The number of aldehydes is 1. The Morgan fingerprint density at radius 3 is 2.47 bits per heavy atom. The Morgan fingerprint density at radius 2 is 1.88 bits per heavy atom. The van der Waals surface area contributed by atoms with E-state index in [0.717, 1.165) is 17.7 Å². The second-order valence-corrected chi connectivity index (χ2v) is 4.11. The quantitative estimate of drug-likeness (QED) is 0.755. The van der Waals surface area contributed by atoms with Gasteiger partial charge in [-0.05, 0) is 31.2 Å². The first-order chi connectivity index (χ1) is 8.19. The van der Waals surface area contributed by atoms with E-state index in [9.17, 15) is 4.79 Å². The molecule has 1 aromatic heterocycles. The van der Waals surface area contributed by atoms with Gasteiger partial charge in [0, 0.05) is 12.7 Å². The third kappa shape index (κ3) is 2.75. The molecular formula is C14H15NO2. The van der Waals surface area contributed by atoms with E-state index in [1.54, 1.807) is 6.07 Å². The SMILES string of the molecule is Cc1ccc(N(C)Cc2ccc(C=O)o2)cc1. The van der Waals surface area contributed by atoms with Gasteiger partial charge in [0.15, 0.2) is 12.0 Å². The minimum Gasteiger partial charge on any atom is -0.456 e. The number of aryl methyl sites for hydroxylation is 1. The van der Waals surface area contributed by atoms with Gasteiger partial charge < -0.3 is 9.32 Å². The molecule has 0 amide bonds. The molecule has 0 saturated heterocycles. The van der Waals surface area contributed by atoms with Crippen LogP contribution in [0.25, 0.3) is 0 Å². The molecule has 0 bridgehead atoms. The van der Waals surface area contributed by atoms with Gasteiger partial charge in [0.05, 0.1) is 6.54 Å². The number of furan rings is 1. The lowest BCUT2D eigenvalue weighted by molar-refractivity contribution is 0.109. The molecule has 1 aromatic carbocycles. The molecule has 1 heterocycles. The highest BCUT2D eigenvalue weighted by molar-refractivity contribution is 5.70. The molecule has 0 fully saturated rings. The van der Waals surface area contributed by atoms with Gasteiger partial charge >= 0.3 is 0 Å². The van der Waals surface area contributed by atoms with Gasteiger partial charge in [-0.25, -0.2) is 0 Å². The molecule has 0 radical (unpaired) electrons. The number of benzene rings is 1. The molecule has 0 spiro atoms. The Hall–Kier alpha value is -2.03. The average molecular weight is 229 g/mol. The van der Waals surface area contributed by atoms with Crippen LogP contribution in [0.4, 0.5) is 5.69 Å². The number of rotatable bonds is 4. The summed E-state index contributed by atoms with van der Waals surface area (Å²) in [7, 11) is 1.99. The zero-order valence-corrected chi connectivity index (χ0v) is 10.0. The van der Waals surface area contributed by atoms with Gasteiger partial charge in [-0.3, -0.25) is 4.79 Å². The summed E-state index contributed by atoms with van der Waals surface area (Å²) < 4.78 is 5.34. The zero-order chi connectivity index (χ0) is 12.3. The lowest BCUT2D eigenvalue weighted by atomic mass is 10.2. The third-order valence-electron chi connectivity index (χ3n) is 2.67.